The van der Waals surface area contributed by atoms with Crippen molar-refractivity contribution in [2.75, 3.05) is 5.43 Å². The van der Waals surface area contributed by atoms with Gasteiger partial charge in [-0.05, 0) is 69.5 Å². The van der Waals surface area contributed by atoms with Gasteiger partial charge in [0, 0.05) is 12.0 Å². The molecule has 1 aliphatic carbocycles. The molecule has 0 radical (unpaired) electrons. The maximum absolute atomic E-state index is 13.7. The third-order valence-corrected chi connectivity index (χ3v) is 5.86. The highest BCUT2D eigenvalue weighted by atomic mass is 19.1. The van der Waals surface area contributed by atoms with Crippen LogP contribution in [0.15, 0.2) is 59.7 Å². The Hall–Kier alpha value is -2.77. The fourth-order valence-corrected chi connectivity index (χ4v) is 4.41. The molecular weight excluding hydrogens is 371 g/mol. The van der Waals surface area contributed by atoms with Gasteiger partial charge in [-0.2, -0.15) is 9.84 Å². The Bertz CT molecular complexity index is 957. The number of anilines is 1. The summed E-state index contributed by atoms with van der Waals surface area (Å²) in [5.74, 6) is -0.370. The van der Waals surface area contributed by atoms with E-state index in [2.05, 4.69) is 10.5 Å². The summed E-state index contributed by atoms with van der Waals surface area (Å²) in [6, 6.07) is 15.3. The van der Waals surface area contributed by atoms with Gasteiger partial charge in [-0.25, -0.2) is 4.39 Å². The molecule has 1 atom stereocenters. The number of rotatable bonds is 3. The molecule has 7 heteroatoms. The lowest BCUT2D eigenvalue weighted by Crippen LogP contribution is -2.61. The first-order chi connectivity index (χ1) is 13.9. The zero-order chi connectivity index (χ0) is 20.6. The van der Waals surface area contributed by atoms with E-state index in [4.69, 9.17) is 0 Å². The molecule has 0 bridgehead atoms. The number of hydrogen-bond donors (Lipinski definition) is 2. The smallest absolute Gasteiger partial charge is 0.292 e. The standard InChI is InChI=1S/C22H25FN4O2/c1-21(2)20(16-11-13-17(23)14-12-16)26(28)22(27(21)29)15-7-6-10-19(22)25-24-18-8-4-3-5-9-18/h3-5,8-9,11-14,24,29H,6-7,10,15H2,1-2H3/t22-/m0/s1. The van der Waals surface area contributed by atoms with Crippen molar-refractivity contribution < 1.29 is 14.3 Å². The van der Waals surface area contributed by atoms with Crippen LogP contribution in [0.4, 0.5) is 10.1 Å². The number of hydroxylamine groups is 3. The first kappa shape index (κ1) is 19.5. The van der Waals surface area contributed by atoms with Gasteiger partial charge in [0.05, 0.1) is 5.69 Å². The van der Waals surface area contributed by atoms with Crippen molar-refractivity contribution in [3.05, 3.63) is 71.2 Å². The normalized spacial score (nSPS) is 25.7. The van der Waals surface area contributed by atoms with Crippen LogP contribution < -0.4 is 5.43 Å². The zero-order valence-corrected chi connectivity index (χ0v) is 16.6. The first-order valence-corrected chi connectivity index (χ1v) is 9.85. The van der Waals surface area contributed by atoms with E-state index in [0.717, 1.165) is 28.3 Å². The highest BCUT2D eigenvalue weighted by molar-refractivity contribution is 6.07. The van der Waals surface area contributed by atoms with Crippen LogP contribution in [0.25, 0.3) is 0 Å². The summed E-state index contributed by atoms with van der Waals surface area (Å²) in [5, 5.41) is 30.6. The van der Waals surface area contributed by atoms with E-state index >= 15 is 0 Å². The molecule has 6 nitrogen and oxygen atoms in total. The number of nitrogens with one attached hydrogen (secondary N) is 1. The van der Waals surface area contributed by atoms with Gasteiger partial charge in [-0.1, -0.05) is 18.2 Å². The van der Waals surface area contributed by atoms with E-state index in [1.54, 1.807) is 26.0 Å². The summed E-state index contributed by atoms with van der Waals surface area (Å²) in [6.45, 7) is 3.59. The van der Waals surface area contributed by atoms with Crippen molar-refractivity contribution in [1.82, 2.24) is 5.06 Å². The Labute approximate surface area is 169 Å². The third-order valence-electron chi connectivity index (χ3n) is 5.86. The number of hydrogen-bond acceptors (Lipinski definition) is 5. The Morgan fingerprint density at radius 2 is 1.79 bits per heavy atom. The lowest BCUT2D eigenvalue weighted by molar-refractivity contribution is -0.568. The van der Waals surface area contributed by atoms with Gasteiger partial charge in [-0.15, -0.1) is 5.06 Å². The van der Waals surface area contributed by atoms with Crippen LogP contribution in [0.1, 0.15) is 45.1 Å². The lowest BCUT2D eigenvalue weighted by Gasteiger charge is -2.38. The van der Waals surface area contributed by atoms with E-state index in [9.17, 15) is 14.8 Å². The molecule has 1 fully saturated rings. The van der Waals surface area contributed by atoms with Gasteiger partial charge in [-0.3, -0.25) is 5.43 Å². The molecule has 4 rings (SSSR count). The third kappa shape index (κ3) is 3.10. The summed E-state index contributed by atoms with van der Waals surface area (Å²) in [5.41, 5.74) is 3.15. The minimum Gasteiger partial charge on any atom is -0.622 e. The molecule has 2 aromatic rings. The average molecular weight is 396 g/mol. The van der Waals surface area contributed by atoms with Crippen molar-refractivity contribution in [3.8, 4) is 0 Å². The van der Waals surface area contributed by atoms with Crippen molar-refractivity contribution in [3.63, 3.8) is 0 Å². The lowest BCUT2D eigenvalue weighted by atomic mass is 9.86. The summed E-state index contributed by atoms with van der Waals surface area (Å²) in [4.78, 5) is 0. The SMILES string of the molecule is CC1(C)C(c2ccc(F)cc2)=[N+]([O-])[C@@]2(CCCCC2=NNc2ccccc2)N1O. The van der Waals surface area contributed by atoms with E-state index < -0.39 is 11.2 Å². The van der Waals surface area contributed by atoms with Crippen LogP contribution in [-0.2, 0) is 0 Å². The Morgan fingerprint density at radius 1 is 1.10 bits per heavy atom. The predicted octanol–water partition coefficient (Wildman–Crippen LogP) is 4.35. The van der Waals surface area contributed by atoms with Crippen LogP contribution in [-0.4, -0.2) is 37.6 Å². The van der Waals surface area contributed by atoms with Crippen LogP contribution in [0.5, 0.6) is 0 Å². The van der Waals surface area contributed by atoms with Gasteiger partial charge in [0.2, 0.25) is 5.71 Å². The maximum atomic E-state index is 13.7. The average Bonchev–Trinajstić information content (AvgIpc) is 2.87. The molecule has 1 aliphatic heterocycles. The van der Waals surface area contributed by atoms with Crippen LogP contribution in [0.3, 0.4) is 0 Å². The molecule has 0 saturated heterocycles. The quantitative estimate of drug-likeness (QED) is 0.460. The Kier molecular flexibility index (Phi) is 4.88. The molecule has 2 aliphatic rings. The summed E-state index contributed by atoms with van der Waals surface area (Å²) < 4.78 is 14.3. The molecule has 152 valence electrons. The second-order valence-corrected chi connectivity index (χ2v) is 8.08. The van der Waals surface area contributed by atoms with Crippen molar-refractivity contribution in [2.24, 2.45) is 5.10 Å². The number of halogens is 1. The molecule has 0 aromatic heterocycles. The van der Waals surface area contributed by atoms with E-state index in [1.807, 2.05) is 30.3 Å². The minimum atomic E-state index is -1.28. The summed E-state index contributed by atoms with van der Waals surface area (Å²) >= 11 is 0. The molecule has 0 unspecified atom stereocenters. The van der Waals surface area contributed by atoms with Gasteiger partial charge in [0.25, 0.3) is 5.66 Å². The highest BCUT2D eigenvalue weighted by Crippen LogP contribution is 2.42. The molecule has 29 heavy (non-hydrogen) atoms. The van der Waals surface area contributed by atoms with Gasteiger partial charge in [0.15, 0.2) is 0 Å². The van der Waals surface area contributed by atoms with Gasteiger partial charge in [0.1, 0.15) is 17.1 Å². The second-order valence-electron chi connectivity index (χ2n) is 8.08. The highest BCUT2D eigenvalue weighted by Gasteiger charge is 2.65. The minimum absolute atomic E-state index is 0.370. The predicted molar refractivity (Wildman–Crippen MR) is 111 cm³/mol. The number of hydrazone groups is 1. The Balaban J connectivity index is 1.81. The molecule has 1 saturated carbocycles. The van der Waals surface area contributed by atoms with Crippen LogP contribution in [0, 0.1) is 11.0 Å². The molecule has 0 amide bonds. The molecule has 2 N–H and O–H groups in total. The summed E-state index contributed by atoms with van der Waals surface area (Å²) in [6.07, 6.45) is 2.75. The number of nitrogens with zero attached hydrogens (tertiary/aromatic N) is 3. The van der Waals surface area contributed by atoms with E-state index in [-0.39, 0.29) is 5.82 Å². The zero-order valence-electron chi connectivity index (χ0n) is 16.6. The number of benzene rings is 2. The van der Waals surface area contributed by atoms with Crippen molar-refractivity contribution in [2.45, 2.75) is 50.7 Å². The van der Waals surface area contributed by atoms with Gasteiger partial charge < -0.3 is 10.4 Å². The first-order valence-electron chi connectivity index (χ1n) is 9.85. The molecule has 1 spiro atoms. The molecule has 1 heterocycles. The molecular formula is C22H25FN4O2. The van der Waals surface area contributed by atoms with Gasteiger partial charge >= 0.3 is 0 Å². The fraction of sp³-hybridized carbons (Fsp3) is 0.364. The largest absolute Gasteiger partial charge is 0.622 e. The molecule has 2 aromatic carbocycles. The topological polar surface area (TPSA) is 73.9 Å². The summed E-state index contributed by atoms with van der Waals surface area (Å²) in [7, 11) is 0. The van der Waals surface area contributed by atoms with E-state index in [1.165, 1.54) is 12.1 Å². The van der Waals surface area contributed by atoms with Crippen molar-refractivity contribution in [1.29, 1.82) is 0 Å². The van der Waals surface area contributed by atoms with E-state index in [0.29, 0.717) is 29.8 Å². The van der Waals surface area contributed by atoms with Crippen LogP contribution >= 0.6 is 0 Å². The fourth-order valence-electron chi connectivity index (χ4n) is 4.41. The number of para-hydroxylation sites is 1. The van der Waals surface area contributed by atoms with Crippen molar-refractivity contribution >= 4 is 17.1 Å². The monoisotopic (exact) mass is 396 g/mol. The second kappa shape index (κ2) is 7.24. The Morgan fingerprint density at radius 3 is 2.48 bits per heavy atom. The van der Waals surface area contributed by atoms with Crippen LogP contribution in [0.2, 0.25) is 0 Å². The maximum Gasteiger partial charge on any atom is 0.292 e.